The largest absolute Gasteiger partial charge is 0.396 e. The van der Waals surface area contributed by atoms with E-state index < -0.39 is 0 Å². The number of rotatable bonds is 5. The van der Waals surface area contributed by atoms with Crippen molar-refractivity contribution in [2.45, 2.75) is 24.3 Å². The highest BCUT2D eigenvalue weighted by atomic mass is 32.2. The third kappa shape index (κ3) is 5.04. The smallest absolute Gasteiger partial charge is 0.0772 e. The fraction of sp³-hybridized carbons (Fsp3) is 0.500. The van der Waals surface area contributed by atoms with Crippen molar-refractivity contribution in [3.05, 3.63) is 21.9 Å². The minimum atomic E-state index is 0.270. The Hall–Kier alpha value is -0.470. The SMILES string of the molecule is CC(CCO)SCc1ccc(C#CCN)s1. The zero-order chi connectivity index (χ0) is 11.8. The average molecular weight is 255 g/mol. The van der Waals surface area contributed by atoms with Crippen molar-refractivity contribution in [1.82, 2.24) is 0 Å². The maximum Gasteiger partial charge on any atom is 0.0772 e. The first kappa shape index (κ1) is 13.6. The molecule has 0 aromatic carbocycles. The van der Waals surface area contributed by atoms with E-state index in [4.69, 9.17) is 10.8 Å². The zero-order valence-corrected chi connectivity index (χ0v) is 11.0. The maximum atomic E-state index is 8.79. The lowest BCUT2D eigenvalue weighted by Gasteiger charge is -2.07. The van der Waals surface area contributed by atoms with Gasteiger partial charge in [0.25, 0.3) is 0 Å². The summed E-state index contributed by atoms with van der Waals surface area (Å²) < 4.78 is 0. The van der Waals surface area contributed by atoms with E-state index in [1.165, 1.54) is 4.88 Å². The minimum Gasteiger partial charge on any atom is -0.396 e. The number of thioether (sulfide) groups is 1. The van der Waals surface area contributed by atoms with Gasteiger partial charge in [0, 0.05) is 22.5 Å². The lowest BCUT2D eigenvalue weighted by Crippen LogP contribution is -1.99. The van der Waals surface area contributed by atoms with E-state index >= 15 is 0 Å². The molecule has 1 rings (SSSR count). The molecular formula is C12H17NOS2. The van der Waals surface area contributed by atoms with Gasteiger partial charge in [0.1, 0.15) is 0 Å². The number of hydrogen-bond acceptors (Lipinski definition) is 4. The Labute approximate surface area is 105 Å². The minimum absolute atomic E-state index is 0.270. The molecule has 1 unspecified atom stereocenters. The highest BCUT2D eigenvalue weighted by molar-refractivity contribution is 7.99. The van der Waals surface area contributed by atoms with Crippen LogP contribution in [0.4, 0.5) is 0 Å². The van der Waals surface area contributed by atoms with Gasteiger partial charge in [0.05, 0.1) is 11.4 Å². The summed E-state index contributed by atoms with van der Waals surface area (Å²) in [4.78, 5) is 2.41. The molecule has 1 aromatic heterocycles. The van der Waals surface area contributed by atoms with Crippen molar-refractivity contribution in [3.8, 4) is 11.8 Å². The van der Waals surface area contributed by atoms with Gasteiger partial charge in [-0.05, 0) is 18.6 Å². The van der Waals surface area contributed by atoms with E-state index in [9.17, 15) is 0 Å². The number of aliphatic hydroxyl groups excluding tert-OH is 1. The van der Waals surface area contributed by atoms with Gasteiger partial charge in [-0.1, -0.05) is 18.8 Å². The molecule has 16 heavy (non-hydrogen) atoms. The Morgan fingerprint density at radius 3 is 3.06 bits per heavy atom. The van der Waals surface area contributed by atoms with Crippen molar-refractivity contribution in [2.24, 2.45) is 5.73 Å². The molecule has 0 bridgehead atoms. The maximum absolute atomic E-state index is 8.79. The average Bonchev–Trinajstić information content (AvgIpc) is 2.72. The second kappa shape index (κ2) is 7.75. The number of thiophene rings is 1. The summed E-state index contributed by atoms with van der Waals surface area (Å²) in [5, 5.41) is 9.30. The molecule has 4 heteroatoms. The quantitative estimate of drug-likeness (QED) is 0.792. The van der Waals surface area contributed by atoms with E-state index in [1.807, 2.05) is 17.8 Å². The summed E-state index contributed by atoms with van der Waals surface area (Å²) in [5.41, 5.74) is 5.32. The summed E-state index contributed by atoms with van der Waals surface area (Å²) in [6, 6.07) is 4.16. The predicted octanol–water partition coefficient (Wildman–Crippen LogP) is 2.06. The Kier molecular flexibility index (Phi) is 6.58. The van der Waals surface area contributed by atoms with Gasteiger partial charge in [-0.15, -0.1) is 11.3 Å². The predicted molar refractivity (Wildman–Crippen MR) is 72.7 cm³/mol. The summed E-state index contributed by atoms with van der Waals surface area (Å²) >= 11 is 3.59. The van der Waals surface area contributed by atoms with Gasteiger partial charge in [0.15, 0.2) is 0 Å². The molecule has 0 amide bonds. The molecule has 0 spiro atoms. The first-order valence-electron chi connectivity index (χ1n) is 5.26. The second-order valence-electron chi connectivity index (χ2n) is 3.41. The molecular weight excluding hydrogens is 238 g/mol. The van der Waals surface area contributed by atoms with Gasteiger partial charge in [0.2, 0.25) is 0 Å². The molecule has 0 aliphatic carbocycles. The zero-order valence-electron chi connectivity index (χ0n) is 9.40. The van der Waals surface area contributed by atoms with E-state index in [1.54, 1.807) is 11.3 Å². The third-order valence-corrected chi connectivity index (χ3v) is 4.49. The van der Waals surface area contributed by atoms with Crippen LogP contribution in [-0.4, -0.2) is 23.5 Å². The van der Waals surface area contributed by atoms with Gasteiger partial charge in [-0.2, -0.15) is 11.8 Å². The molecule has 3 N–H and O–H groups in total. The van der Waals surface area contributed by atoms with Crippen LogP contribution >= 0.6 is 23.1 Å². The van der Waals surface area contributed by atoms with Gasteiger partial charge < -0.3 is 10.8 Å². The van der Waals surface area contributed by atoms with E-state index in [0.717, 1.165) is 17.1 Å². The molecule has 0 aliphatic rings. The van der Waals surface area contributed by atoms with Crippen LogP contribution in [0.15, 0.2) is 12.1 Å². The van der Waals surface area contributed by atoms with Crippen molar-refractivity contribution < 1.29 is 5.11 Å². The fourth-order valence-electron chi connectivity index (χ4n) is 1.15. The molecule has 1 heterocycles. The van der Waals surface area contributed by atoms with Crippen LogP contribution in [0.5, 0.6) is 0 Å². The molecule has 1 aromatic rings. The van der Waals surface area contributed by atoms with Gasteiger partial charge in [-0.3, -0.25) is 0 Å². The molecule has 0 saturated carbocycles. The van der Waals surface area contributed by atoms with Crippen LogP contribution in [-0.2, 0) is 5.75 Å². The first-order valence-corrected chi connectivity index (χ1v) is 7.13. The topological polar surface area (TPSA) is 46.2 Å². The van der Waals surface area contributed by atoms with Crippen LogP contribution in [0, 0.1) is 11.8 Å². The summed E-state index contributed by atoms with van der Waals surface area (Å²) in [6.07, 6.45) is 0.857. The normalized spacial score (nSPS) is 11.9. The third-order valence-electron chi connectivity index (χ3n) is 2.02. The van der Waals surface area contributed by atoms with Crippen molar-refractivity contribution >= 4 is 23.1 Å². The summed E-state index contributed by atoms with van der Waals surface area (Å²) in [7, 11) is 0. The molecule has 0 radical (unpaired) electrons. The Bertz CT molecular complexity index is 365. The van der Waals surface area contributed by atoms with Crippen molar-refractivity contribution in [2.75, 3.05) is 13.2 Å². The monoisotopic (exact) mass is 255 g/mol. The molecule has 0 aliphatic heterocycles. The standard InChI is InChI=1S/C12H17NOS2/c1-10(6-8-14)15-9-12-5-4-11(16-12)3-2-7-13/h4-5,10,14H,6-9,13H2,1H3. The van der Waals surface area contributed by atoms with E-state index in [0.29, 0.717) is 11.8 Å². The lowest BCUT2D eigenvalue weighted by molar-refractivity contribution is 0.289. The molecule has 2 nitrogen and oxygen atoms in total. The van der Waals surface area contributed by atoms with Gasteiger partial charge in [-0.25, -0.2) is 0 Å². The van der Waals surface area contributed by atoms with Crippen LogP contribution in [0.25, 0.3) is 0 Å². The van der Waals surface area contributed by atoms with E-state index in [-0.39, 0.29) is 6.61 Å². The van der Waals surface area contributed by atoms with Crippen molar-refractivity contribution in [3.63, 3.8) is 0 Å². The number of nitrogens with two attached hydrogens (primary N) is 1. The molecule has 88 valence electrons. The fourth-order valence-corrected chi connectivity index (χ4v) is 3.09. The molecule has 0 fully saturated rings. The summed E-state index contributed by atoms with van der Waals surface area (Å²) in [6.45, 7) is 2.82. The second-order valence-corrected chi connectivity index (χ2v) is 6.00. The Morgan fingerprint density at radius 1 is 1.56 bits per heavy atom. The lowest BCUT2D eigenvalue weighted by atomic mass is 10.3. The van der Waals surface area contributed by atoms with Crippen LogP contribution in [0.2, 0.25) is 0 Å². The Balaban J connectivity index is 2.40. The Morgan fingerprint density at radius 2 is 2.38 bits per heavy atom. The number of aliphatic hydroxyl groups is 1. The van der Waals surface area contributed by atoms with Crippen molar-refractivity contribution in [1.29, 1.82) is 0 Å². The summed E-state index contributed by atoms with van der Waals surface area (Å²) in [5.74, 6) is 6.88. The first-order chi connectivity index (χ1) is 7.76. The number of hydrogen-bond donors (Lipinski definition) is 2. The van der Waals surface area contributed by atoms with E-state index in [2.05, 4.69) is 24.8 Å². The van der Waals surface area contributed by atoms with Crippen LogP contribution in [0.3, 0.4) is 0 Å². The molecule has 1 atom stereocenters. The van der Waals surface area contributed by atoms with Crippen LogP contribution in [0.1, 0.15) is 23.1 Å². The highest BCUT2D eigenvalue weighted by Crippen LogP contribution is 2.24. The highest BCUT2D eigenvalue weighted by Gasteiger charge is 2.04. The van der Waals surface area contributed by atoms with Gasteiger partial charge >= 0.3 is 0 Å². The molecule has 0 saturated heterocycles. The van der Waals surface area contributed by atoms with Crippen LogP contribution < -0.4 is 5.73 Å².